The fourth-order valence-corrected chi connectivity index (χ4v) is 8.53. The van der Waals surface area contributed by atoms with E-state index in [1.807, 2.05) is 76.2 Å². The first-order chi connectivity index (χ1) is 25.5. The summed E-state index contributed by atoms with van der Waals surface area (Å²) in [5.41, 5.74) is 1.86. The zero-order valence-corrected chi connectivity index (χ0v) is 31.7. The standard InChI is InChI=1S/C42H55N3O8/c1-8-11-17-34(47)43-30(25-51-7)37(29-15-13-12-14-16-29)52-41(50)35-33-20-21-42(53-33)36(35)39(48)45(32(24-46)27(5)10-3)38(42)40(49)44(22-9-2)31-23-26(4)18-19-28(31)6/h8-9,12-16,18-19,23,27,30,32-33,35-38,46H,1-2,10-11,17,20-22,24-25H2,3-7H3,(H,43,47)/t27-,30-,32-,33-,35+,36+,37-,38-,42+/m0/s1. The molecule has 53 heavy (non-hydrogen) atoms. The van der Waals surface area contributed by atoms with Crippen LogP contribution in [0.25, 0.3) is 0 Å². The number of allylic oxidation sites excluding steroid dienone is 1. The van der Waals surface area contributed by atoms with Crippen LogP contribution in [0.4, 0.5) is 5.69 Å². The summed E-state index contributed by atoms with van der Waals surface area (Å²) in [6.45, 7) is 15.3. The molecule has 2 aromatic carbocycles. The van der Waals surface area contributed by atoms with Gasteiger partial charge in [-0.1, -0.05) is 74.9 Å². The number of fused-ring (bicyclic) bond motifs is 1. The van der Waals surface area contributed by atoms with E-state index < -0.39 is 59.6 Å². The SMILES string of the molecule is C=CCCC(=O)N[C@@H](COC)[C@@H](OC(=O)[C@@H]1[C@@H]2CC[C@]3(O2)[C@H](C(=O)N(CC=C)c2cc(C)ccc2C)N([C@@H](CO)[C@@H](C)CC)C(=O)[C@@H]13)c1ccccc1. The monoisotopic (exact) mass is 729 g/mol. The van der Waals surface area contributed by atoms with E-state index in [0.29, 0.717) is 36.9 Å². The molecule has 3 heterocycles. The molecule has 3 aliphatic heterocycles. The van der Waals surface area contributed by atoms with Crippen LogP contribution in [0.1, 0.15) is 68.7 Å². The number of benzene rings is 2. The quantitative estimate of drug-likeness (QED) is 0.162. The molecule has 11 nitrogen and oxygen atoms in total. The number of ether oxygens (including phenoxy) is 3. The van der Waals surface area contributed by atoms with Crippen LogP contribution in [-0.2, 0) is 33.4 Å². The molecule has 0 aromatic heterocycles. The third-order valence-corrected chi connectivity index (χ3v) is 11.3. The van der Waals surface area contributed by atoms with Gasteiger partial charge < -0.3 is 34.4 Å². The second kappa shape index (κ2) is 17.2. The summed E-state index contributed by atoms with van der Waals surface area (Å²) in [5, 5.41) is 13.8. The van der Waals surface area contributed by atoms with E-state index in [4.69, 9.17) is 14.2 Å². The number of methoxy groups -OCH3 is 1. The Morgan fingerprint density at radius 3 is 2.53 bits per heavy atom. The predicted octanol–water partition coefficient (Wildman–Crippen LogP) is 4.99. The fraction of sp³-hybridized carbons (Fsp3) is 0.524. The van der Waals surface area contributed by atoms with Crippen LogP contribution in [0.5, 0.6) is 0 Å². The maximum absolute atomic E-state index is 15.1. The first-order valence-electron chi connectivity index (χ1n) is 18.7. The molecule has 0 saturated carbocycles. The lowest BCUT2D eigenvalue weighted by Gasteiger charge is -2.41. The van der Waals surface area contributed by atoms with Gasteiger partial charge in [0.2, 0.25) is 11.8 Å². The molecule has 286 valence electrons. The number of nitrogens with zero attached hydrogens (tertiary/aromatic N) is 2. The van der Waals surface area contributed by atoms with Crippen molar-refractivity contribution in [1.82, 2.24) is 10.2 Å². The summed E-state index contributed by atoms with van der Waals surface area (Å²) in [7, 11) is 1.51. The zero-order valence-electron chi connectivity index (χ0n) is 31.7. The molecule has 9 atom stereocenters. The highest BCUT2D eigenvalue weighted by Crippen LogP contribution is 2.60. The van der Waals surface area contributed by atoms with Crippen molar-refractivity contribution in [3.8, 4) is 0 Å². The predicted molar refractivity (Wildman–Crippen MR) is 202 cm³/mol. The van der Waals surface area contributed by atoms with Gasteiger partial charge in [0.1, 0.15) is 17.7 Å². The van der Waals surface area contributed by atoms with Gasteiger partial charge in [0, 0.05) is 25.8 Å². The van der Waals surface area contributed by atoms with Gasteiger partial charge in [0.25, 0.3) is 5.91 Å². The maximum atomic E-state index is 15.1. The van der Waals surface area contributed by atoms with Crippen molar-refractivity contribution < 1.29 is 38.5 Å². The van der Waals surface area contributed by atoms with Crippen LogP contribution in [0.15, 0.2) is 73.8 Å². The van der Waals surface area contributed by atoms with Crippen molar-refractivity contribution in [3.63, 3.8) is 0 Å². The topological polar surface area (TPSA) is 135 Å². The summed E-state index contributed by atoms with van der Waals surface area (Å²) in [5.74, 6) is -3.87. The van der Waals surface area contributed by atoms with Gasteiger partial charge in [-0.25, -0.2) is 0 Å². The normalized spacial score (nSPS) is 25.2. The molecule has 3 fully saturated rings. The molecule has 0 aliphatic carbocycles. The molecule has 3 saturated heterocycles. The number of aliphatic hydroxyl groups excluding tert-OH is 1. The number of rotatable bonds is 18. The summed E-state index contributed by atoms with van der Waals surface area (Å²) in [4.78, 5) is 60.8. The Kier molecular flexibility index (Phi) is 13.0. The van der Waals surface area contributed by atoms with Crippen LogP contribution in [0.2, 0.25) is 0 Å². The average Bonchev–Trinajstić information content (AvgIpc) is 3.80. The number of carbonyl (C=O) groups excluding carboxylic acids is 4. The largest absolute Gasteiger partial charge is 0.455 e. The Labute approximate surface area is 313 Å². The van der Waals surface area contributed by atoms with Crippen molar-refractivity contribution in [2.24, 2.45) is 17.8 Å². The Morgan fingerprint density at radius 2 is 1.89 bits per heavy atom. The molecular formula is C42H55N3O8. The molecular weight excluding hydrogens is 674 g/mol. The molecule has 2 bridgehead atoms. The number of aryl methyl sites for hydroxylation is 2. The molecule has 0 radical (unpaired) electrons. The number of hydrogen-bond donors (Lipinski definition) is 2. The van der Waals surface area contributed by atoms with E-state index >= 15 is 4.79 Å². The van der Waals surface area contributed by atoms with Crippen molar-refractivity contribution in [3.05, 3.63) is 90.5 Å². The molecule has 2 N–H and O–H groups in total. The van der Waals surface area contributed by atoms with E-state index in [2.05, 4.69) is 18.5 Å². The van der Waals surface area contributed by atoms with Gasteiger partial charge in [0.15, 0.2) is 0 Å². The summed E-state index contributed by atoms with van der Waals surface area (Å²) >= 11 is 0. The van der Waals surface area contributed by atoms with Gasteiger partial charge in [-0.2, -0.15) is 0 Å². The maximum Gasteiger partial charge on any atom is 0.313 e. The smallest absolute Gasteiger partial charge is 0.313 e. The lowest BCUT2D eigenvalue weighted by Crippen LogP contribution is -2.60. The number of anilines is 1. The van der Waals surface area contributed by atoms with Crippen LogP contribution >= 0.6 is 0 Å². The molecule has 5 rings (SSSR count). The minimum Gasteiger partial charge on any atom is -0.455 e. The van der Waals surface area contributed by atoms with E-state index in [9.17, 15) is 19.5 Å². The Balaban J connectivity index is 1.56. The van der Waals surface area contributed by atoms with Crippen molar-refractivity contribution in [2.75, 3.05) is 31.8 Å². The first-order valence-corrected chi connectivity index (χ1v) is 18.7. The van der Waals surface area contributed by atoms with Gasteiger partial charge in [-0.3, -0.25) is 19.2 Å². The number of esters is 1. The minimum atomic E-state index is -1.33. The molecule has 2 aromatic rings. The highest BCUT2D eigenvalue weighted by atomic mass is 16.6. The number of likely N-dealkylation sites (tertiary alicyclic amines) is 1. The number of nitrogens with one attached hydrogen (secondary N) is 1. The number of carbonyl (C=O) groups is 4. The Hall–Kier alpha value is -4.32. The molecule has 11 heteroatoms. The van der Waals surface area contributed by atoms with Crippen molar-refractivity contribution in [2.45, 2.75) is 95.7 Å². The second-order valence-electron chi connectivity index (χ2n) is 14.7. The molecule has 3 aliphatic rings. The van der Waals surface area contributed by atoms with Gasteiger partial charge in [-0.05, 0) is 61.8 Å². The number of aliphatic hydroxyl groups is 1. The molecule has 1 spiro atoms. The van der Waals surface area contributed by atoms with Gasteiger partial charge in [0.05, 0.1) is 43.2 Å². The van der Waals surface area contributed by atoms with Crippen molar-refractivity contribution in [1.29, 1.82) is 0 Å². The summed E-state index contributed by atoms with van der Waals surface area (Å²) in [6, 6.07) is 12.4. The van der Waals surface area contributed by atoms with Crippen LogP contribution in [0, 0.1) is 31.6 Å². The summed E-state index contributed by atoms with van der Waals surface area (Å²) in [6.07, 6.45) is 3.84. The Bertz CT molecular complexity index is 1660. The molecule has 0 unspecified atom stereocenters. The van der Waals surface area contributed by atoms with Crippen molar-refractivity contribution >= 4 is 29.4 Å². The van der Waals surface area contributed by atoms with Gasteiger partial charge in [-0.15, -0.1) is 13.2 Å². The van der Waals surface area contributed by atoms with Gasteiger partial charge >= 0.3 is 5.97 Å². The second-order valence-corrected chi connectivity index (χ2v) is 14.7. The summed E-state index contributed by atoms with van der Waals surface area (Å²) < 4.78 is 18.6. The van der Waals surface area contributed by atoms with E-state index in [1.165, 1.54) is 12.0 Å². The number of hydrogen-bond acceptors (Lipinski definition) is 8. The average molecular weight is 730 g/mol. The fourth-order valence-electron chi connectivity index (χ4n) is 8.53. The number of amides is 3. The van der Waals surface area contributed by atoms with Crippen LogP contribution in [0.3, 0.4) is 0 Å². The third kappa shape index (κ3) is 7.70. The van der Waals surface area contributed by atoms with E-state index in [1.54, 1.807) is 17.1 Å². The van der Waals surface area contributed by atoms with Crippen LogP contribution in [-0.4, -0.2) is 90.4 Å². The van der Waals surface area contributed by atoms with E-state index in [-0.39, 0.29) is 43.9 Å². The lowest BCUT2D eigenvalue weighted by molar-refractivity contribution is -0.163. The third-order valence-electron chi connectivity index (χ3n) is 11.3. The highest BCUT2D eigenvalue weighted by Gasteiger charge is 2.76. The minimum absolute atomic E-state index is 0.0541. The lowest BCUT2D eigenvalue weighted by atomic mass is 9.70. The zero-order chi connectivity index (χ0) is 38.4. The van der Waals surface area contributed by atoms with Crippen LogP contribution < -0.4 is 10.2 Å². The Morgan fingerprint density at radius 1 is 1.15 bits per heavy atom. The highest BCUT2D eigenvalue weighted by molar-refractivity contribution is 6.05. The molecule has 3 amide bonds. The first kappa shape index (κ1) is 39.9. The van der Waals surface area contributed by atoms with E-state index in [0.717, 1.165) is 11.1 Å².